The van der Waals surface area contributed by atoms with E-state index in [0.717, 1.165) is 17.7 Å². The van der Waals surface area contributed by atoms with Crippen LogP contribution in [0.5, 0.6) is 0 Å². The van der Waals surface area contributed by atoms with Gasteiger partial charge in [-0.25, -0.2) is 0 Å². The minimum atomic E-state index is -0.477. The van der Waals surface area contributed by atoms with Gasteiger partial charge in [0.05, 0.1) is 10.5 Å². The quantitative estimate of drug-likeness (QED) is 0.542. The average molecular weight is 336 g/mol. The molecular formula is C19H16N2O4. The number of hydrogen-bond acceptors (Lipinski definition) is 4. The van der Waals surface area contributed by atoms with Crippen LogP contribution in [0.3, 0.4) is 0 Å². The van der Waals surface area contributed by atoms with E-state index in [2.05, 4.69) is 5.32 Å². The molecule has 0 aliphatic heterocycles. The van der Waals surface area contributed by atoms with Crippen molar-refractivity contribution >= 4 is 17.3 Å². The second-order valence-electron chi connectivity index (χ2n) is 5.40. The molecule has 3 rings (SSSR count). The molecule has 0 saturated heterocycles. The largest absolute Gasteiger partial charge is 0.451 e. The molecule has 2 aromatic carbocycles. The molecule has 1 amide bonds. The van der Waals surface area contributed by atoms with Crippen molar-refractivity contribution in [1.29, 1.82) is 0 Å². The Balaban J connectivity index is 1.87. The van der Waals surface area contributed by atoms with Crippen molar-refractivity contribution in [2.45, 2.75) is 13.3 Å². The molecule has 0 bridgehead atoms. The van der Waals surface area contributed by atoms with Gasteiger partial charge in [0, 0.05) is 11.8 Å². The summed E-state index contributed by atoms with van der Waals surface area (Å²) in [7, 11) is 0. The summed E-state index contributed by atoms with van der Waals surface area (Å²) in [4.78, 5) is 23.1. The van der Waals surface area contributed by atoms with Crippen molar-refractivity contribution in [2.75, 3.05) is 5.32 Å². The van der Waals surface area contributed by atoms with E-state index >= 15 is 0 Å². The molecule has 1 heterocycles. The van der Waals surface area contributed by atoms with Crippen LogP contribution in [0.25, 0.3) is 11.3 Å². The van der Waals surface area contributed by atoms with Gasteiger partial charge in [0.25, 0.3) is 11.6 Å². The number of hydrogen-bond donors (Lipinski definition) is 1. The number of nitro groups is 1. The van der Waals surface area contributed by atoms with Crippen molar-refractivity contribution in [3.8, 4) is 11.3 Å². The summed E-state index contributed by atoms with van der Waals surface area (Å²) < 4.78 is 5.55. The van der Waals surface area contributed by atoms with Crippen LogP contribution in [0.4, 0.5) is 11.4 Å². The van der Waals surface area contributed by atoms with Gasteiger partial charge in [-0.2, -0.15) is 0 Å². The Bertz CT molecular complexity index is 930. The van der Waals surface area contributed by atoms with Gasteiger partial charge in [-0.3, -0.25) is 14.9 Å². The van der Waals surface area contributed by atoms with Gasteiger partial charge in [-0.15, -0.1) is 0 Å². The lowest BCUT2D eigenvalue weighted by molar-refractivity contribution is -0.384. The van der Waals surface area contributed by atoms with Crippen molar-refractivity contribution in [3.63, 3.8) is 0 Å². The van der Waals surface area contributed by atoms with Gasteiger partial charge in [0.2, 0.25) is 0 Å². The van der Waals surface area contributed by atoms with Crippen molar-refractivity contribution in [1.82, 2.24) is 0 Å². The van der Waals surface area contributed by atoms with Gasteiger partial charge < -0.3 is 9.73 Å². The fraction of sp³-hybridized carbons (Fsp3) is 0.105. The first kappa shape index (κ1) is 16.4. The Hall–Kier alpha value is -3.41. The Morgan fingerprint density at radius 3 is 2.56 bits per heavy atom. The molecule has 0 radical (unpaired) electrons. The van der Waals surface area contributed by atoms with Crippen molar-refractivity contribution < 1.29 is 14.1 Å². The van der Waals surface area contributed by atoms with Crippen LogP contribution in [0.1, 0.15) is 23.0 Å². The maximum Gasteiger partial charge on any atom is 0.291 e. The maximum atomic E-state index is 12.4. The number of rotatable bonds is 5. The monoisotopic (exact) mass is 336 g/mol. The number of nitro benzene ring substituents is 1. The van der Waals surface area contributed by atoms with E-state index < -0.39 is 10.8 Å². The molecule has 0 saturated carbocycles. The zero-order valence-corrected chi connectivity index (χ0v) is 13.6. The molecule has 0 aliphatic rings. The van der Waals surface area contributed by atoms with Gasteiger partial charge in [0.1, 0.15) is 5.76 Å². The highest BCUT2D eigenvalue weighted by Crippen LogP contribution is 2.31. The first-order chi connectivity index (χ1) is 12.1. The summed E-state index contributed by atoms with van der Waals surface area (Å²) in [5.74, 6) is -0.0222. The third-order valence-electron chi connectivity index (χ3n) is 3.84. The Morgan fingerprint density at radius 2 is 1.80 bits per heavy atom. The third kappa shape index (κ3) is 3.42. The van der Waals surface area contributed by atoms with Crippen LogP contribution in [0.15, 0.2) is 65.1 Å². The number of aryl methyl sites for hydroxylation is 1. The number of benzene rings is 2. The third-order valence-corrected chi connectivity index (χ3v) is 3.84. The normalized spacial score (nSPS) is 10.4. The molecule has 6 heteroatoms. The number of amides is 1. The molecule has 126 valence electrons. The van der Waals surface area contributed by atoms with E-state index in [1.807, 2.05) is 31.2 Å². The van der Waals surface area contributed by atoms with Crippen LogP contribution in [-0.4, -0.2) is 10.8 Å². The Kier molecular flexibility index (Phi) is 4.61. The number of furan rings is 1. The zero-order valence-electron chi connectivity index (χ0n) is 13.6. The fourth-order valence-corrected chi connectivity index (χ4v) is 2.58. The molecule has 25 heavy (non-hydrogen) atoms. The number of carbonyl (C=O) groups is 1. The minimum Gasteiger partial charge on any atom is -0.451 e. The fourth-order valence-electron chi connectivity index (χ4n) is 2.58. The summed E-state index contributed by atoms with van der Waals surface area (Å²) >= 11 is 0. The van der Waals surface area contributed by atoms with Crippen LogP contribution in [0.2, 0.25) is 0 Å². The molecule has 1 aromatic heterocycles. The average Bonchev–Trinajstić information content (AvgIpc) is 3.12. The molecule has 0 fully saturated rings. The van der Waals surface area contributed by atoms with Crippen LogP contribution in [0, 0.1) is 10.1 Å². The number of nitrogens with zero attached hydrogens (tertiary/aromatic N) is 1. The molecule has 0 aliphatic carbocycles. The molecule has 6 nitrogen and oxygen atoms in total. The Morgan fingerprint density at radius 1 is 1.08 bits per heavy atom. The van der Waals surface area contributed by atoms with Crippen LogP contribution < -0.4 is 5.32 Å². The van der Waals surface area contributed by atoms with Crippen LogP contribution in [-0.2, 0) is 6.42 Å². The Labute approximate surface area is 144 Å². The number of carbonyl (C=O) groups excluding carboxylic acids is 1. The van der Waals surface area contributed by atoms with E-state index in [9.17, 15) is 14.9 Å². The number of para-hydroxylation sites is 2. The van der Waals surface area contributed by atoms with E-state index in [1.54, 1.807) is 24.3 Å². The lowest BCUT2D eigenvalue weighted by atomic mass is 10.1. The molecular weight excluding hydrogens is 320 g/mol. The lowest BCUT2D eigenvalue weighted by Gasteiger charge is -2.08. The lowest BCUT2D eigenvalue weighted by Crippen LogP contribution is -2.12. The zero-order chi connectivity index (χ0) is 17.8. The molecule has 3 aromatic rings. The summed E-state index contributed by atoms with van der Waals surface area (Å²) in [5, 5.41) is 13.9. The summed E-state index contributed by atoms with van der Waals surface area (Å²) in [6.45, 7) is 2.00. The smallest absolute Gasteiger partial charge is 0.291 e. The predicted octanol–water partition coefficient (Wildman–Crippen LogP) is 4.67. The highest BCUT2D eigenvalue weighted by atomic mass is 16.6. The second kappa shape index (κ2) is 7.00. The van der Waals surface area contributed by atoms with E-state index in [4.69, 9.17) is 4.42 Å². The maximum absolute atomic E-state index is 12.4. The molecule has 0 unspecified atom stereocenters. The van der Waals surface area contributed by atoms with Gasteiger partial charge in [-0.1, -0.05) is 37.3 Å². The van der Waals surface area contributed by atoms with Gasteiger partial charge in [-0.05, 0) is 36.2 Å². The second-order valence-corrected chi connectivity index (χ2v) is 5.40. The number of nitrogens with one attached hydrogen (secondary N) is 1. The minimum absolute atomic E-state index is 0.0693. The van der Waals surface area contributed by atoms with Gasteiger partial charge >= 0.3 is 0 Å². The highest BCUT2D eigenvalue weighted by molar-refractivity contribution is 6.03. The number of anilines is 1. The first-order valence-corrected chi connectivity index (χ1v) is 7.83. The first-order valence-electron chi connectivity index (χ1n) is 7.83. The van der Waals surface area contributed by atoms with Gasteiger partial charge in [0.15, 0.2) is 5.76 Å². The molecule has 0 spiro atoms. The molecule has 0 atom stereocenters. The van der Waals surface area contributed by atoms with E-state index in [-0.39, 0.29) is 17.2 Å². The standard InChI is InChI=1S/C19H16N2O4/c1-2-13-7-3-5-9-15(13)20-19(22)18-12-11-17(25-18)14-8-4-6-10-16(14)21(23)24/h3-12H,2H2,1H3,(H,20,22). The topological polar surface area (TPSA) is 85.4 Å². The van der Waals surface area contributed by atoms with E-state index in [1.165, 1.54) is 12.1 Å². The van der Waals surface area contributed by atoms with Crippen molar-refractivity contribution in [3.05, 3.63) is 82.1 Å². The SMILES string of the molecule is CCc1ccccc1NC(=O)c1ccc(-c2ccccc2[N+](=O)[O-])o1. The van der Waals surface area contributed by atoms with E-state index in [0.29, 0.717) is 5.56 Å². The van der Waals surface area contributed by atoms with Crippen LogP contribution >= 0.6 is 0 Å². The summed E-state index contributed by atoms with van der Waals surface area (Å²) in [6.07, 6.45) is 0.788. The van der Waals surface area contributed by atoms with Crippen molar-refractivity contribution in [2.24, 2.45) is 0 Å². The summed E-state index contributed by atoms with van der Waals surface area (Å²) in [6, 6.07) is 16.8. The molecule has 1 N–H and O–H groups in total. The predicted molar refractivity (Wildman–Crippen MR) is 94.6 cm³/mol. The summed E-state index contributed by atoms with van der Waals surface area (Å²) in [5.41, 5.74) is 2.00. The highest BCUT2D eigenvalue weighted by Gasteiger charge is 2.19.